The number of benzene rings is 1. The van der Waals surface area contributed by atoms with Gasteiger partial charge in [0.05, 0.1) is 4.90 Å². The van der Waals surface area contributed by atoms with Gasteiger partial charge in [-0.3, -0.25) is 4.79 Å². The average molecular weight is 402 g/mol. The quantitative estimate of drug-likeness (QED) is 0.652. The van der Waals surface area contributed by atoms with E-state index in [9.17, 15) is 13.2 Å². The lowest BCUT2D eigenvalue weighted by Crippen LogP contribution is -2.33. The van der Waals surface area contributed by atoms with E-state index in [1.807, 2.05) is 0 Å². The highest BCUT2D eigenvalue weighted by Gasteiger charge is 2.23. The summed E-state index contributed by atoms with van der Waals surface area (Å²) in [4.78, 5) is 12.5. The molecule has 6 nitrogen and oxygen atoms in total. The molecule has 0 radical (unpaired) electrons. The van der Waals surface area contributed by atoms with Crippen LogP contribution in [0.25, 0.3) is 0 Å². The summed E-state index contributed by atoms with van der Waals surface area (Å²) < 4.78 is 27.8. The van der Waals surface area contributed by atoms with Crippen molar-refractivity contribution in [3.05, 3.63) is 29.8 Å². The lowest BCUT2D eigenvalue weighted by molar-refractivity contribution is 0.0951. The minimum Gasteiger partial charge on any atom is -0.352 e. The van der Waals surface area contributed by atoms with Crippen LogP contribution in [-0.4, -0.2) is 40.0 Å². The van der Waals surface area contributed by atoms with Crippen LogP contribution in [0.2, 0.25) is 0 Å². The van der Waals surface area contributed by atoms with E-state index in [1.54, 1.807) is 12.1 Å². The van der Waals surface area contributed by atoms with Crippen molar-refractivity contribution in [2.24, 2.45) is 5.92 Å². The molecule has 3 N–H and O–H groups in total. The summed E-state index contributed by atoms with van der Waals surface area (Å²) in [6.07, 6.45) is 5.99. The van der Waals surface area contributed by atoms with Crippen LogP contribution in [-0.2, 0) is 10.0 Å². The lowest BCUT2D eigenvalue weighted by atomic mass is 10.1. The number of amides is 1. The van der Waals surface area contributed by atoms with Gasteiger partial charge >= 0.3 is 0 Å². The Bertz CT molecular complexity index is 699. The Morgan fingerprint density at radius 1 is 1.19 bits per heavy atom. The van der Waals surface area contributed by atoms with Crippen LogP contribution in [0.15, 0.2) is 29.2 Å². The number of sulfonamides is 1. The summed E-state index contributed by atoms with van der Waals surface area (Å²) >= 11 is 0. The van der Waals surface area contributed by atoms with Crippen molar-refractivity contribution < 1.29 is 13.2 Å². The number of rotatable bonds is 7. The molecule has 0 aromatic heterocycles. The topological polar surface area (TPSA) is 87.3 Å². The van der Waals surface area contributed by atoms with Crippen molar-refractivity contribution in [3.8, 4) is 0 Å². The number of hydrogen-bond acceptors (Lipinski definition) is 4. The number of carbonyl (C=O) groups excluding carboxylic acids is 1. The Labute approximate surface area is 162 Å². The largest absolute Gasteiger partial charge is 0.352 e. The van der Waals surface area contributed by atoms with Gasteiger partial charge in [0.1, 0.15) is 0 Å². The fourth-order valence-corrected chi connectivity index (χ4v) is 4.94. The first-order chi connectivity index (χ1) is 12.0. The average Bonchev–Trinajstić information content (AvgIpc) is 3.28. The van der Waals surface area contributed by atoms with E-state index in [0.717, 1.165) is 51.6 Å². The Balaban J connectivity index is 0.00000243. The van der Waals surface area contributed by atoms with Crippen LogP contribution in [0.1, 0.15) is 48.9 Å². The monoisotopic (exact) mass is 401 g/mol. The Morgan fingerprint density at radius 2 is 1.96 bits per heavy atom. The lowest BCUT2D eigenvalue weighted by Gasteiger charge is -2.13. The third-order valence-corrected chi connectivity index (χ3v) is 6.60. The first kappa shape index (κ1) is 21.2. The predicted octanol–water partition coefficient (Wildman–Crippen LogP) is 2.06. The van der Waals surface area contributed by atoms with Gasteiger partial charge in [-0.15, -0.1) is 12.4 Å². The van der Waals surface area contributed by atoms with Crippen LogP contribution >= 0.6 is 12.4 Å². The Morgan fingerprint density at radius 3 is 2.65 bits per heavy atom. The zero-order valence-electron chi connectivity index (χ0n) is 14.9. The summed E-state index contributed by atoms with van der Waals surface area (Å²) in [5, 5.41) is 6.21. The first-order valence-electron chi connectivity index (χ1n) is 9.16. The fraction of sp³-hybridized carbons (Fsp3) is 0.611. The highest BCUT2D eigenvalue weighted by atomic mass is 35.5. The van der Waals surface area contributed by atoms with Crippen LogP contribution in [0.4, 0.5) is 0 Å². The molecular weight excluding hydrogens is 374 g/mol. The first-order valence-corrected chi connectivity index (χ1v) is 10.6. The van der Waals surface area contributed by atoms with Gasteiger partial charge in [0, 0.05) is 18.2 Å². The molecule has 1 saturated heterocycles. The van der Waals surface area contributed by atoms with E-state index < -0.39 is 10.0 Å². The molecule has 1 heterocycles. The number of hydrogen-bond donors (Lipinski definition) is 3. The summed E-state index contributed by atoms with van der Waals surface area (Å²) in [6, 6.07) is 6.30. The van der Waals surface area contributed by atoms with Crippen LogP contribution in [0.5, 0.6) is 0 Å². The van der Waals surface area contributed by atoms with Crippen molar-refractivity contribution in [1.82, 2.24) is 15.4 Å². The third-order valence-electron chi connectivity index (χ3n) is 5.08. The second-order valence-corrected chi connectivity index (χ2v) is 8.75. The molecule has 2 fully saturated rings. The third kappa shape index (κ3) is 5.67. The van der Waals surface area contributed by atoms with Crippen LogP contribution in [0.3, 0.4) is 0 Å². The van der Waals surface area contributed by atoms with Gasteiger partial charge in [-0.1, -0.05) is 18.9 Å². The Hall–Kier alpha value is -1.15. The van der Waals surface area contributed by atoms with E-state index in [0.29, 0.717) is 18.0 Å². The molecule has 0 spiro atoms. The number of carbonyl (C=O) groups is 1. The molecule has 26 heavy (non-hydrogen) atoms. The van der Waals surface area contributed by atoms with Gasteiger partial charge in [-0.25, -0.2) is 13.1 Å². The van der Waals surface area contributed by atoms with Crippen molar-refractivity contribution in [3.63, 3.8) is 0 Å². The standard InChI is InChI=1S/C18H27N3O3S.ClH/c22-18(20-11-9-14-8-10-19-13-14)15-4-3-7-17(12-15)25(23,24)21-16-5-1-2-6-16;/h3-4,7,12,14,16,19,21H,1-2,5-6,8-11,13H2,(H,20,22);1H. The minimum atomic E-state index is -3.57. The predicted molar refractivity (Wildman–Crippen MR) is 104 cm³/mol. The van der Waals surface area contributed by atoms with E-state index in [2.05, 4.69) is 15.4 Å². The molecule has 1 atom stereocenters. The van der Waals surface area contributed by atoms with Gasteiger partial charge in [-0.2, -0.15) is 0 Å². The highest BCUT2D eigenvalue weighted by molar-refractivity contribution is 7.89. The molecule has 1 aliphatic carbocycles. The molecule has 1 aromatic carbocycles. The molecule has 0 bridgehead atoms. The van der Waals surface area contributed by atoms with Crippen LogP contribution < -0.4 is 15.4 Å². The smallest absolute Gasteiger partial charge is 0.251 e. The number of halogens is 1. The van der Waals surface area contributed by atoms with Gasteiger partial charge in [0.15, 0.2) is 0 Å². The molecule has 146 valence electrons. The summed E-state index contributed by atoms with van der Waals surface area (Å²) in [5.41, 5.74) is 0.388. The number of nitrogens with one attached hydrogen (secondary N) is 3. The summed E-state index contributed by atoms with van der Waals surface area (Å²) in [5.74, 6) is 0.395. The highest BCUT2D eigenvalue weighted by Crippen LogP contribution is 2.21. The molecule has 1 unspecified atom stereocenters. The molecular formula is C18H28ClN3O3S. The zero-order chi connectivity index (χ0) is 17.7. The van der Waals surface area contributed by atoms with Crippen molar-refractivity contribution in [2.45, 2.75) is 49.5 Å². The van der Waals surface area contributed by atoms with Gasteiger partial charge in [-0.05, 0) is 62.9 Å². The molecule has 1 aromatic rings. The SMILES string of the molecule is Cl.O=C(NCCC1CCNC1)c1cccc(S(=O)(=O)NC2CCCC2)c1. The van der Waals surface area contributed by atoms with E-state index >= 15 is 0 Å². The van der Waals surface area contributed by atoms with E-state index in [4.69, 9.17) is 0 Å². The van der Waals surface area contributed by atoms with Crippen molar-refractivity contribution >= 4 is 28.3 Å². The summed E-state index contributed by atoms with van der Waals surface area (Å²) in [6.45, 7) is 2.67. The molecule has 3 rings (SSSR count). The molecule has 1 saturated carbocycles. The van der Waals surface area contributed by atoms with E-state index in [1.165, 1.54) is 12.1 Å². The minimum absolute atomic E-state index is 0. The van der Waals surface area contributed by atoms with Crippen molar-refractivity contribution in [2.75, 3.05) is 19.6 Å². The normalized spacial score (nSPS) is 20.7. The Kier molecular flexibility index (Phi) is 7.88. The molecule has 2 aliphatic rings. The van der Waals surface area contributed by atoms with Gasteiger partial charge in [0.2, 0.25) is 10.0 Å². The fourth-order valence-electron chi connectivity index (χ4n) is 3.59. The maximum absolute atomic E-state index is 12.5. The van der Waals surface area contributed by atoms with Crippen molar-refractivity contribution in [1.29, 1.82) is 0 Å². The summed E-state index contributed by atoms with van der Waals surface area (Å²) in [7, 11) is -3.57. The second kappa shape index (κ2) is 9.69. The van der Waals surface area contributed by atoms with E-state index in [-0.39, 0.29) is 29.3 Å². The van der Waals surface area contributed by atoms with Crippen LogP contribution in [0, 0.1) is 5.92 Å². The molecule has 8 heteroatoms. The zero-order valence-corrected chi connectivity index (χ0v) is 16.5. The van der Waals surface area contributed by atoms with Gasteiger partial charge < -0.3 is 10.6 Å². The second-order valence-electron chi connectivity index (χ2n) is 7.03. The van der Waals surface area contributed by atoms with Gasteiger partial charge in [0.25, 0.3) is 5.91 Å². The maximum Gasteiger partial charge on any atom is 0.251 e. The molecule has 1 amide bonds. The molecule has 1 aliphatic heterocycles. The maximum atomic E-state index is 12.5.